The zero-order valence-corrected chi connectivity index (χ0v) is 6.53. The first-order chi connectivity index (χ1) is 5.66. The molecule has 1 aromatic carbocycles. The number of nitrogens with one attached hydrogen (secondary N) is 1. The van der Waals surface area contributed by atoms with Gasteiger partial charge in [-0.2, -0.15) is 0 Å². The minimum atomic E-state index is -1.20. The van der Waals surface area contributed by atoms with Crippen LogP contribution in [0.4, 0.5) is 8.78 Å². The maximum atomic E-state index is 12.7. The first kappa shape index (κ1) is 8.93. The maximum absolute atomic E-state index is 12.7. The van der Waals surface area contributed by atoms with Crippen molar-refractivity contribution >= 4 is 17.7 Å². The van der Waals surface area contributed by atoms with Gasteiger partial charge in [0.25, 0.3) is 5.91 Å². The van der Waals surface area contributed by atoms with Crippen LogP contribution in [0.25, 0.3) is 0 Å². The van der Waals surface area contributed by atoms with Crippen molar-refractivity contribution in [2.24, 2.45) is 0 Å². The predicted octanol–water partition coefficient (Wildman–Crippen LogP) is 1.85. The molecular formula is C7H4ClF2NO. The standard InChI is InChI=1S/C7H4ClF2NO/c8-11-7(12)4-2-1-3-5(9)6(4)10/h1-3H,(H,11,12). The van der Waals surface area contributed by atoms with Crippen LogP contribution in [0, 0.1) is 11.6 Å². The predicted molar refractivity (Wildman–Crippen MR) is 39.7 cm³/mol. The van der Waals surface area contributed by atoms with E-state index in [0.29, 0.717) is 0 Å². The fourth-order valence-corrected chi connectivity index (χ4v) is 0.832. The van der Waals surface area contributed by atoms with Crippen LogP contribution >= 0.6 is 11.8 Å². The Kier molecular flexibility index (Phi) is 2.60. The first-order valence-electron chi connectivity index (χ1n) is 3.02. The molecule has 0 spiro atoms. The van der Waals surface area contributed by atoms with Crippen molar-refractivity contribution in [2.45, 2.75) is 0 Å². The summed E-state index contributed by atoms with van der Waals surface area (Å²) in [5.41, 5.74) is -0.412. The quantitative estimate of drug-likeness (QED) is 0.675. The topological polar surface area (TPSA) is 29.1 Å². The Balaban J connectivity index is 3.16. The van der Waals surface area contributed by atoms with Crippen molar-refractivity contribution < 1.29 is 13.6 Å². The zero-order valence-electron chi connectivity index (χ0n) is 5.77. The van der Waals surface area contributed by atoms with Crippen LogP contribution in [0.15, 0.2) is 18.2 Å². The van der Waals surface area contributed by atoms with E-state index in [9.17, 15) is 13.6 Å². The number of carbonyl (C=O) groups is 1. The molecule has 0 bridgehead atoms. The molecule has 0 fully saturated rings. The Bertz CT molecular complexity index is 316. The summed E-state index contributed by atoms with van der Waals surface area (Å²) < 4.78 is 25.2. The third kappa shape index (κ3) is 1.53. The number of benzene rings is 1. The molecule has 0 aliphatic rings. The Hall–Kier alpha value is -1.16. The lowest BCUT2D eigenvalue weighted by molar-refractivity contribution is 0.0977. The average molecular weight is 192 g/mol. The number of carbonyl (C=O) groups excluding carboxylic acids is 1. The molecule has 1 amide bonds. The highest BCUT2D eigenvalue weighted by Gasteiger charge is 2.13. The van der Waals surface area contributed by atoms with Gasteiger partial charge in [-0.3, -0.25) is 9.63 Å². The number of amides is 1. The monoisotopic (exact) mass is 191 g/mol. The molecule has 0 aromatic heterocycles. The largest absolute Gasteiger partial charge is 0.268 e. The summed E-state index contributed by atoms with van der Waals surface area (Å²) in [5.74, 6) is -3.14. The second-order valence-electron chi connectivity index (χ2n) is 2.02. The zero-order chi connectivity index (χ0) is 9.14. The molecular weight excluding hydrogens is 188 g/mol. The van der Waals surface area contributed by atoms with Gasteiger partial charge in [0, 0.05) is 11.8 Å². The smallest absolute Gasteiger partial charge is 0.268 e. The van der Waals surface area contributed by atoms with Crippen molar-refractivity contribution in [3.8, 4) is 0 Å². The summed E-state index contributed by atoms with van der Waals surface area (Å²) in [6, 6.07) is 3.27. The van der Waals surface area contributed by atoms with Crippen molar-refractivity contribution in [3.63, 3.8) is 0 Å². The first-order valence-corrected chi connectivity index (χ1v) is 3.39. The highest BCUT2D eigenvalue weighted by molar-refractivity contribution is 6.24. The molecule has 1 N–H and O–H groups in total. The van der Waals surface area contributed by atoms with E-state index in [2.05, 4.69) is 0 Å². The number of hydrogen-bond acceptors (Lipinski definition) is 1. The minimum absolute atomic E-state index is 0.412. The van der Waals surface area contributed by atoms with E-state index in [1.807, 2.05) is 0 Å². The SMILES string of the molecule is O=C(NCl)c1cccc(F)c1F. The van der Waals surface area contributed by atoms with E-state index in [1.54, 1.807) is 4.84 Å². The van der Waals surface area contributed by atoms with Crippen molar-refractivity contribution in [1.29, 1.82) is 0 Å². The van der Waals surface area contributed by atoms with E-state index in [1.165, 1.54) is 6.07 Å². The molecule has 1 aromatic rings. The van der Waals surface area contributed by atoms with E-state index in [4.69, 9.17) is 11.8 Å². The Morgan fingerprint density at radius 1 is 1.42 bits per heavy atom. The molecule has 0 aliphatic heterocycles. The Morgan fingerprint density at radius 3 is 2.67 bits per heavy atom. The molecule has 0 atom stereocenters. The molecule has 0 heterocycles. The number of rotatable bonds is 1. The van der Waals surface area contributed by atoms with Crippen LogP contribution in [0.1, 0.15) is 10.4 Å². The molecule has 64 valence electrons. The van der Waals surface area contributed by atoms with Gasteiger partial charge in [-0.1, -0.05) is 6.07 Å². The molecule has 0 saturated heterocycles. The lowest BCUT2D eigenvalue weighted by Crippen LogP contribution is -2.14. The molecule has 1 rings (SSSR count). The van der Waals surface area contributed by atoms with Gasteiger partial charge in [0.2, 0.25) is 0 Å². The minimum Gasteiger partial charge on any atom is -0.268 e. The second kappa shape index (κ2) is 3.49. The number of halogens is 3. The van der Waals surface area contributed by atoms with Gasteiger partial charge in [0.1, 0.15) is 0 Å². The number of hydrogen-bond donors (Lipinski definition) is 1. The van der Waals surface area contributed by atoms with E-state index in [-0.39, 0.29) is 0 Å². The fourth-order valence-electron chi connectivity index (χ4n) is 0.730. The summed E-state index contributed by atoms with van der Waals surface area (Å²) in [5, 5.41) is 0. The summed E-state index contributed by atoms with van der Waals surface area (Å²) in [4.78, 5) is 12.4. The van der Waals surface area contributed by atoms with Crippen LogP contribution in [0.3, 0.4) is 0 Å². The lowest BCUT2D eigenvalue weighted by atomic mass is 10.2. The average Bonchev–Trinajstić information content (AvgIpc) is 2.08. The van der Waals surface area contributed by atoms with Crippen molar-refractivity contribution in [3.05, 3.63) is 35.4 Å². The normalized spacial score (nSPS) is 9.58. The van der Waals surface area contributed by atoms with E-state index in [0.717, 1.165) is 12.1 Å². The molecule has 2 nitrogen and oxygen atoms in total. The molecule has 12 heavy (non-hydrogen) atoms. The lowest BCUT2D eigenvalue weighted by Gasteiger charge is -1.99. The van der Waals surface area contributed by atoms with E-state index >= 15 is 0 Å². The molecule has 0 aliphatic carbocycles. The van der Waals surface area contributed by atoms with Crippen LogP contribution < -0.4 is 4.84 Å². The van der Waals surface area contributed by atoms with Crippen LogP contribution in [0.2, 0.25) is 0 Å². The van der Waals surface area contributed by atoms with Crippen LogP contribution in [-0.4, -0.2) is 5.91 Å². The third-order valence-corrected chi connectivity index (χ3v) is 1.45. The van der Waals surface area contributed by atoms with Gasteiger partial charge >= 0.3 is 0 Å². The van der Waals surface area contributed by atoms with Crippen molar-refractivity contribution in [2.75, 3.05) is 0 Å². The van der Waals surface area contributed by atoms with Gasteiger partial charge in [-0.05, 0) is 12.1 Å². The summed E-state index contributed by atoms with van der Waals surface area (Å²) >= 11 is 4.92. The second-order valence-corrected chi connectivity index (χ2v) is 2.21. The van der Waals surface area contributed by atoms with Gasteiger partial charge in [-0.25, -0.2) is 8.78 Å². The summed E-state index contributed by atoms with van der Waals surface area (Å²) in [7, 11) is 0. The summed E-state index contributed by atoms with van der Waals surface area (Å²) in [6.45, 7) is 0. The van der Waals surface area contributed by atoms with Gasteiger partial charge < -0.3 is 0 Å². The molecule has 5 heteroatoms. The van der Waals surface area contributed by atoms with Gasteiger partial charge in [0.15, 0.2) is 11.6 Å². The highest BCUT2D eigenvalue weighted by Crippen LogP contribution is 2.10. The molecule has 0 radical (unpaired) electrons. The molecule has 0 unspecified atom stereocenters. The summed E-state index contributed by atoms with van der Waals surface area (Å²) in [6.07, 6.45) is 0. The van der Waals surface area contributed by atoms with Gasteiger partial charge in [-0.15, -0.1) is 0 Å². The Labute approximate surface area is 72.3 Å². The third-order valence-electron chi connectivity index (χ3n) is 1.28. The highest BCUT2D eigenvalue weighted by atomic mass is 35.5. The fraction of sp³-hybridized carbons (Fsp3) is 0. The molecule has 0 saturated carbocycles. The van der Waals surface area contributed by atoms with Gasteiger partial charge in [0.05, 0.1) is 5.56 Å². The maximum Gasteiger partial charge on any atom is 0.268 e. The van der Waals surface area contributed by atoms with E-state index < -0.39 is 23.1 Å². The van der Waals surface area contributed by atoms with Crippen LogP contribution in [-0.2, 0) is 0 Å². The Morgan fingerprint density at radius 2 is 2.08 bits per heavy atom. The van der Waals surface area contributed by atoms with Crippen molar-refractivity contribution in [1.82, 2.24) is 4.84 Å². The van der Waals surface area contributed by atoms with Crippen LogP contribution in [0.5, 0.6) is 0 Å².